The molecule has 4 N–H and O–H groups in total. The van der Waals surface area contributed by atoms with E-state index in [1.165, 1.54) is 4.90 Å². The predicted octanol–water partition coefficient (Wildman–Crippen LogP) is 0.938. The van der Waals surface area contributed by atoms with E-state index in [-0.39, 0.29) is 43.7 Å². The minimum absolute atomic E-state index is 0.144. The fraction of sp³-hybridized carbons (Fsp3) is 0.370. The maximum Gasteiger partial charge on any atom is 0.255 e. The third-order valence-electron chi connectivity index (χ3n) is 6.64. The zero-order valence-corrected chi connectivity index (χ0v) is 20.7. The van der Waals surface area contributed by atoms with Crippen molar-refractivity contribution in [2.75, 3.05) is 0 Å². The van der Waals surface area contributed by atoms with Crippen LogP contribution in [0.25, 0.3) is 0 Å². The molecule has 1 saturated heterocycles. The monoisotopic (exact) mass is 506 g/mol. The lowest BCUT2D eigenvalue weighted by molar-refractivity contribution is -0.137. The average Bonchev–Trinajstić information content (AvgIpc) is 3.20. The van der Waals surface area contributed by atoms with Gasteiger partial charge in [0.25, 0.3) is 5.91 Å². The summed E-state index contributed by atoms with van der Waals surface area (Å²) in [4.78, 5) is 63.7. The van der Waals surface area contributed by atoms with Crippen LogP contribution < -0.4 is 16.0 Å². The fourth-order valence-electron chi connectivity index (χ4n) is 4.51. The van der Waals surface area contributed by atoms with Crippen LogP contribution in [0.4, 0.5) is 0 Å². The van der Waals surface area contributed by atoms with Gasteiger partial charge in [-0.05, 0) is 35.1 Å². The second kappa shape index (κ2) is 10.9. The number of carbonyl (C=O) groups excluding carboxylic acids is 5. The number of amides is 5. The molecule has 1 fully saturated rings. The minimum Gasteiger partial charge on any atom is -0.383 e. The second-order valence-corrected chi connectivity index (χ2v) is 9.65. The fourth-order valence-corrected chi connectivity index (χ4v) is 4.51. The Bertz CT molecular complexity index is 1230. The first kappa shape index (κ1) is 26.0. The van der Waals surface area contributed by atoms with E-state index in [2.05, 4.69) is 16.0 Å². The number of hydrogen-bond acceptors (Lipinski definition) is 6. The van der Waals surface area contributed by atoms with Crippen molar-refractivity contribution in [2.24, 2.45) is 5.92 Å². The van der Waals surface area contributed by atoms with Gasteiger partial charge in [0.2, 0.25) is 23.6 Å². The van der Waals surface area contributed by atoms with Crippen molar-refractivity contribution < 1.29 is 29.1 Å². The molecule has 2 aromatic rings. The minimum atomic E-state index is -1.25. The Morgan fingerprint density at radius 2 is 1.81 bits per heavy atom. The highest BCUT2D eigenvalue weighted by Crippen LogP contribution is 2.28. The number of hydrogen-bond donors (Lipinski definition) is 4. The summed E-state index contributed by atoms with van der Waals surface area (Å²) >= 11 is 0. The highest BCUT2D eigenvalue weighted by molar-refractivity contribution is 6.05. The summed E-state index contributed by atoms with van der Waals surface area (Å²) < 4.78 is 0. The summed E-state index contributed by atoms with van der Waals surface area (Å²) in [5, 5.41) is 17.9. The molecule has 0 radical (unpaired) electrons. The number of rotatable bonds is 8. The van der Waals surface area contributed by atoms with Crippen LogP contribution in [0.1, 0.15) is 59.8 Å². The van der Waals surface area contributed by atoms with Crippen LogP contribution in [0.15, 0.2) is 48.5 Å². The molecule has 2 aromatic carbocycles. The lowest BCUT2D eigenvalue weighted by Crippen LogP contribution is -2.52. The predicted molar refractivity (Wildman–Crippen MR) is 133 cm³/mol. The van der Waals surface area contributed by atoms with Crippen molar-refractivity contribution in [1.82, 2.24) is 20.9 Å². The first-order chi connectivity index (χ1) is 17.7. The Balaban J connectivity index is 1.44. The molecule has 37 heavy (non-hydrogen) atoms. The van der Waals surface area contributed by atoms with Gasteiger partial charge in [0, 0.05) is 25.1 Å². The SMILES string of the molecule is CC(C)C(O)C(=O)N[C@H](C(=O)NCc1ccc2c(c1)CN(C1CCC(=O)NC1=O)C2=O)c1ccccc1. The van der Waals surface area contributed by atoms with Crippen molar-refractivity contribution in [2.45, 2.75) is 58.0 Å². The van der Waals surface area contributed by atoms with Gasteiger partial charge in [0.1, 0.15) is 18.2 Å². The summed E-state index contributed by atoms with van der Waals surface area (Å²) in [7, 11) is 0. The number of carbonyl (C=O) groups is 5. The van der Waals surface area contributed by atoms with E-state index in [9.17, 15) is 29.1 Å². The Labute approximate surface area is 214 Å². The molecule has 0 spiro atoms. The normalized spacial score (nSPS) is 18.8. The molecule has 10 nitrogen and oxygen atoms in total. The number of imide groups is 1. The Morgan fingerprint density at radius 3 is 2.49 bits per heavy atom. The van der Waals surface area contributed by atoms with Gasteiger partial charge in [0.05, 0.1) is 0 Å². The molecule has 2 aliphatic rings. The third-order valence-corrected chi connectivity index (χ3v) is 6.64. The molecule has 4 rings (SSSR count). The van der Waals surface area contributed by atoms with Crippen molar-refractivity contribution in [3.63, 3.8) is 0 Å². The van der Waals surface area contributed by atoms with E-state index >= 15 is 0 Å². The molecule has 3 atom stereocenters. The van der Waals surface area contributed by atoms with Gasteiger partial charge in [-0.25, -0.2) is 0 Å². The van der Waals surface area contributed by atoms with Crippen LogP contribution in [-0.2, 0) is 32.3 Å². The van der Waals surface area contributed by atoms with Crippen LogP contribution in [-0.4, -0.2) is 51.7 Å². The zero-order valence-electron chi connectivity index (χ0n) is 20.7. The van der Waals surface area contributed by atoms with Crippen LogP contribution in [0, 0.1) is 5.92 Å². The van der Waals surface area contributed by atoms with Crippen molar-refractivity contribution in [1.29, 1.82) is 0 Å². The van der Waals surface area contributed by atoms with Gasteiger partial charge in [-0.1, -0.05) is 56.3 Å². The van der Waals surface area contributed by atoms with Gasteiger partial charge in [-0.2, -0.15) is 0 Å². The van der Waals surface area contributed by atoms with Crippen LogP contribution in [0.5, 0.6) is 0 Å². The molecule has 194 valence electrons. The number of fused-ring (bicyclic) bond motifs is 1. The highest BCUT2D eigenvalue weighted by atomic mass is 16.3. The maximum absolute atomic E-state index is 13.1. The highest BCUT2D eigenvalue weighted by Gasteiger charge is 2.39. The van der Waals surface area contributed by atoms with E-state index in [1.807, 2.05) is 0 Å². The summed E-state index contributed by atoms with van der Waals surface area (Å²) in [6.45, 7) is 3.80. The van der Waals surface area contributed by atoms with E-state index in [0.717, 1.165) is 11.1 Å². The summed E-state index contributed by atoms with van der Waals surface area (Å²) in [6.07, 6.45) is -0.785. The molecule has 5 amide bonds. The van der Waals surface area contributed by atoms with Gasteiger partial charge in [-0.3, -0.25) is 29.3 Å². The third kappa shape index (κ3) is 5.69. The van der Waals surface area contributed by atoms with Crippen LogP contribution >= 0.6 is 0 Å². The van der Waals surface area contributed by atoms with Crippen molar-refractivity contribution in [3.05, 3.63) is 70.8 Å². The lowest BCUT2D eigenvalue weighted by Gasteiger charge is -2.29. The molecule has 10 heteroatoms. The Kier molecular flexibility index (Phi) is 7.68. The molecule has 0 aliphatic carbocycles. The molecule has 0 aromatic heterocycles. The number of benzene rings is 2. The van der Waals surface area contributed by atoms with Gasteiger partial charge in [0.15, 0.2) is 0 Å². The maximum atomic E-state index is 13.1. The number of piperidine rings is 1. The number of aliphatic hydroxyl groups excluding tert-OH is 1. The van der Waals surface area contributed by atoms with Gasteiger partial charge < -0.3 is 20.6 Å². The number of aliphatic hydroxyl groups is 1. The van der Waals surface area contributed by atoms with E-state index in [4.69, 9.17) is 0 Å². The molecule has 2 unspecified atom stereocenters. The number of nitrogens with zero attached hydrogens (tertiary/aromatic N) is 1. The quantitative estimate of drug-likeness (QED) is 0.392. The standard InChI is InChI=1S/C27H30N4O6/c1-15(2)23(33)26(36)30-22(17-6-4-3-5-7-17)25(35)28-13-16-8-9-19-18(12-16)14-31(27(19)37)20-10-11-21(32)29-24(20)34/h3-9,12,15,20,22-23,33H,10-11,13-14H2,1-2H3,(H,28,35)(H,30,36)(H,29,32,34)/t20?,22-,23?/m0/s1. The largest absolute Gasteiger partial charge is 0.383 e. The molecule has 0 saturated carbocycles. The molecule has 0 bridgehead atoms. The number of nitrogens with one attached hydrogen (secondary N) is 3. The first-order valence-electron chi connectivity index (χ1n) is 12.2. The Morgan fingerprint density at radius 1 is 1.08 bits per heavy atom. The van der Waals surface area contributed by atoms with E-state index in [0.29, 0.717) is 11.1 Å². The van der Waals surface area contributed by atoms with Crippen molar-refractivity contribution >= 4 is 29.5 Å². The lowest BCUT2D eigenvalue weighted by atomic mass is 10.0. The molecular weight excluding hydrogens is 476 g/mol. The summed E-state index contributed by atoms with van der Waals surface area (Å²) in [5.41, 5.74) is 2.53. The zero-order chi connectivity index (χ0) is 26.7. The Hall–Kier alpha value is -4.05. The topological polar surface area (TPSA) is 145 Å². The molecule has 2 heterocycles. The smallest absolute Gasteiger partial charge is 0.255 e. The van der Waals surface area contributed by atoms with Crippen LogP contribution in [0.3, 0.4) is 0 Å². The van der Waals surface area contributed by atoms with Gasteiger partial charge in [-0.15, -0.1) is 0 Å². The van der Waals surface area contributed by atoms with Crippen LogP contribution in [0.2, 0.25) is 0 Å². The first-order valence-corrected chi connectivity index (χ1v) is 12.2. The van der Waals surface area contributed by atoms with E-state index < -0.39 is 35.9 Å². The van der Waals surface area contributed by atoms with E-state index in [1.54, 1.807) is 62.4 Å². The summed E-state index contributed by atoms with van der Waals surface area (Å²) in [5.74, 6) is -2.47. The van der Waals surface area contributed by atoms with Gasteiger partial charge >= 0.3 is 0 Å². The van der Waals surface area contributed by atoms with Crippen molar-refractivity contribution in [3.8, 4) is 0 Å². The summed E-state index contributed by atoms with van der Waals surface area (Å²) in [6, 6.07) is 12.3. The average molecular weight is 507 g/mol. The molecular formula is C27H30N4O6. The molecule has 2 aliphatic heterocycles. The second-order valence-electron chi connectivity index (χ2n) is 9.65.